The number of anilines is 1. The third kappa shape index (κ3) is 5.37. The molecule has 0 aliphatic carbocycles. The number of aryl methyl sites for hydroxylation is 1. The van der Waals surface area contributed by atoms with Crippen molar-refractivity contribution in [2.75, 3.05) is 5.32 Å². The van der Waals surface area contributed by atoms with E-state index < -0.39 is 23.6 Å². The minimum atomic E-state index is -4.63. The maximum atomic E-state index is 13.6. The summed E-state index contributed by atoms with van der Waals surface area (Å²) < 4.78 is 42.3. The van der Waals surface area contributed by atoms with Crippen LogP contribution in [0.3, 0.4) is 0 Å². The van der Waals surface area contributed by atoms with Gasteiger partial charge in [0.15, 0.2) is 0 Å². The van der Waals surface area contributed by atoms with Crippen LogP contribution < -0.4 is 11.1 Å². The summed E-state index contributed by atoms with van der Waals surface area (Å²) in [6.07, 6.45) is -1.71. The van der Waals surface area contributed by atoms with Crippen molar-refractivity contribution in [1.29, 1.82) is 0 Å². The van der Waals surface area contributed by atoms with Gasteiger partial charge >= 0.3 is 6.18 Å². The quantitative estimate of drug-likeness (QED) is 0.427. The molecule has 2 aromatic carbocycles. The van der Waals surface area contributed by atoms with E-state index in [2.05, 4.69) is 15.4 Å². The summed E-state index contributed by atoms with van der Waals surface area (Å²) in [5.74, 6) is -1.22. The van der Waals surface area contributed by atoms with Crippen LogP contribution in [0.1, 0.15) is 21.5 Å². The van der Waals surface area contributed by atoms with Gasteiger partial charge in [-0.05, 0) is 35.9 Å². The Bertz CT molecular complexity index is 1400. The standard InChI is InChI=1S/C25H20F3N5O2/c1-33-10-9-20(32-33)18-13-17(7-8-19(18)25(26,27)28)24(35)31-21-11-15(12-22(29)34)14-30-23(21)16-5-3-2-4-6-16/h2-11,13-14H,12H2,1H3,(H2,29,34)(H,31,35). The van der Waals surface area contributed by atoms with Gasteiger partial charge in [0.25, 0.3) is 5.91 Å². The predicted octanol–water partition coefficient (Wildman–Crippen LogP) is 4.45. The maximum Gasteiger partial charge on any atom is 0.417 e. The molecule has 3 N–H and O–H groups in total. The van der Waals surface area contributed by atoms with Crippen molar-refractivity contribution >= 4 is 17.5 Å². The molecule has 2 heterocycles. The molecule has 0 atom stereocenters. The molecule has 35 heavy (non-hydrogen) atoms. The Balaban J connectivity index is 1.74. The molecule has 10 heteroatoms. The SMILES string of the molecule is Cn1ccc(-c2cc(C(=O)Nc3cc(CC(N)=O)cnc3-c3ccccc3)ccc2C(F)(F)F)n1. The van der Waals surface area contributed by atoms with Crippen LogP contribution in [-0.4, -0.2) is 26.6 Å². The third-order valence-electron chi connectivity index (χ3n) is 5.19. The molecular formula is C25H20F3N5O2. The number of primary amides is 1. The number of aromatic nitrogens is 3. The van der Waals surface area contributed by atoms with Crippen molar-refractivity contribution < 1.29 is 22.8 Å². The van der Waals surface area contributed by atoms with Crippen LogP contribution in [-0.2, 0) is 24.4 Å². The van der Waals surface area contributed by atoms with Gasteiger partial charge in [0.1, 0.15) is 0 Å². The molecule has 2 amide bonds. The smallest absolute Gasteiger partial charge is 0.369 e. The summed E-state index contributed by atoms with van der Waals surface area (Å²) in [5.41, 5.74) is 6.17. The first-order valence-electron chi connectivity index (χ1n) is 10.5. The van der Waals surface area contributed by atoms with E-state index in [4.69, 9.17) is 5.73 Å². The number of alkyl halides is 3. The van der Waals surface area contributed by atoms with Gasteiger partial charge in [0.05, 0.1) is 29.1 Å². The predicted molar refractivity (Wildman–Crippen MR) is 124 cm³/mol. The van der Waals surface area contributed by atoms with Crippen molar-refractivity contribution in [2.45, 2.75) is 12.6 Å². The van der Waals surface area contributed by atoms with E-state index in [1.165, 1.54) is 23.1 Å². The molecule has 4 aromatic rings. The van der Waals surface area contributed by atoms with E-state index in [1.807, 2.05) is 6.07 Å². The van der Waals surface area contributed by atoms with E-state index in [1.54, 1.807) is 37.4 Å². The van der Waals surface area contributed by atoms with E-state index in [9.17, 15) is 22.8 Å². The summed E-state index contributed by atoms with van der Waals surface area (Å²) in [5, 5.41) is 6.78. The monoisotopic (exact) mass is 479 g/mol. The molecule has 7 nitrogen and oxygen atoms in total. The van der Waals surface area contributed by atoms with E-state index in [0.717, 1.165) is 18.2 Å². The Morgan fingerprint density at radius 1 is 1.06 bits per heavy atom. The minimum Gasteiger partial charge on any atom is -0.369 e. The van der Waals surface area contributed by atoms with Crippen molar-refractivity contribution in [3.63, 3.8) is 0 Å². The van der Waals surface area contributed by atoms with Crippen molar-refractivity contribution in [1.82, 2.24) is 14.8 Å². The zero-order chi connectivity index (χ0) is 25.2. The second-order valence-corrected chi connectivity index (χ2v) is 7.84. The molecule has 0 radical (unpaired) electrons. The number of rotatable bonds is 6. The fourth-order valence-corrected chi connectivity index (χ4v) is 3.63. The van der Waals surface area contributed by atoms with Gasteiger partial charge in [-0.1, -0.05) is 30.3 Å². The molecule has 178 valence electrons. The van der Waals surface area contributed by atoms with Crippen LogP contribution >= 0.6 is 0 Å². The number of nitrogens with two attached hydrogens (primary N) is 1. The summed E-state index contributed by atoms with van der Waals surface area (Å²) in [6.45, 7) is 0. The fraction of sp³-hybridized carbons (Fsp3) is 0.120. The molecule has 0 unspecified atom stereocenters. The first kappa shape index (κ1) is 23.7. The van der Waals surface area contributed by atoms with Gasteiger partial charge in [-0.3, -0.25) is 19.3 Å². The summed E-state index contributed by atoms with van der Waals surface area (Å²) >= 11 is 0. The largest absolute Gasteiger partial charge is 0.417 e. The molecule has 0 bridgehead atoms. The molecule has 0 saturated heterocycles. The second kappa shape index (κ2) is 9.41. The lowest BCUT2D eigenvalue weighted by molar-refractivity contribution is -0.137. The van der Waals surface area contributed by atoms with Crippen LogP contribution in [0, 0.1) is 0 Å². The minimum absolute atomic E-state index is 0.00188. The van der Waals surface area contributed by atoms with Gasteiger partial charge in [0.2, 0.25) is 5.91 Å². The zero-order valence-corrected chi connectivity index (χ0v) is 18.5. The number of nitrogens with zero attached hydrogens (tertiary/aromatic N) is 3. The number of carbonyl (C=O) groups is 2. The third-order valence-corrected chi connectivity index (χ3v) is 5.19. The Labute approximate surface area is 198 Å². The van der Waals surface area contributed by atoms with Crippen molar-refractivity contribution in [2.24, 2.45) is 12.8 Å². The average molecular weight is 479 g/mol. The van der Waals surface area contributed by atoms with Gasteiger partial charge < -0.3 is 11.1 Å². The van der Waals surface area contributed by atoms with Crippen LogP contribution in [0.25, 0.3) is 22.5 Å². The van der Waals surface area contributed by atoms with E-state index in [0.29, 0.717) is 22.5 Å². The molecule has 2 aromatic heterocycles. The zero-order valence-electron chi connectivity index (χ0n) is 18.5. The van der Waals surface area contributed by atoms with Crippen LogP contribution in [0.2, 0.25) is 0 Å². The molecule has 0 fully saturated rings. The molecular weight excluding hydrogens is 459 g/mol. The van der Waals surface area contributed by atoms with Crippen molar-refractivity contribution in [3.05, 3.63) is 89.7 Å². The Hall–Kier alpha value is -4.47. The lowest BCUT2D eigenvalue weighted by Gasteiger charge is -2.15. The van der Waals surface area contributed by atoms with Crippen LogP contribution in [0.15, 0.2) is 73.1 Å². The molecule has 4 rings (SSSR count). The maximum absolute atomic E-state index is 13.6. The fourth-order valence-electron chi connectivity index (χ4n) is 3.63. The highest BCUT2D eigenvalue weighted by atomic mass is 19.4. The van der Waals surface area contributed by atoms with E-state index >= 15 is 0 Å². The first-order valence-corrected chi connectivity index (χ1v) is 10.5. The van der Waals surface area contributed by atoms with Crippen molar-refractivity contribution in [3.8, 4) is 22.5 Å². The highest BCUT2D eigenvalue weighted by Gasteiger charge is 2.34. The topological polar surface area (TPSA) is 103 Å². The number of amides is 2. The Morgan fingerprint density at radius 3 is 2.43 bits per heavy atom. The van der Waals surface area contributed by atoms with Gasteiger partial charge in [0, 0.05) is 36.1 Å². The number of hydrogen-bond acceptors (Lipinski definition) is 4. The number of pyridine rings is 1. The highest BCUT2D eigenvalue weighted by molar-refractivity contribution is 6.06. The number of hydrogen-bond donors (Lipinski definition) is 2. The molecule has 0 saturated carbocycles. The lowest BCUT2D eigenvalue weighted by Crippen LogP contribution is -2.17. The molecule has 0 aliphatic heterocycles. The summed E-state index contributed by atoms with van der Waals surface area (Å²) in [4.78, 5) is 28.9. The van der Waals surface area contributed by atoms with Crippen LogP contribution in [0.5, 0.6) is 0 Å². The normalized spacial score (nSPS) is 11.3. The van der Waals surface area contributed by atoms with Gasteiger partial charge in [-0.15, -0.1) is 0 Å². The Kier molecular flexibility index (Phi) is 6.37. The second-order valence-electron chi connectivity index (χ2n) is 7.84. The number of halogens is 3. The molecule has 0 aliphatic rings. The van der Waals surface area contributed by atoms with Gasteiger partial charge in [-0.2, -0.15) is 18.3 Å². The number of carbonyl (C=O) groups excluding carboxylic acids is 2. The molecule has 0 spiro atoms. The lowest BCUT2D eigenvalue weighted by atomic mass is 10.00. The Morgan fingerprint density at radius 2 is 1.80 bits per heavy atom. The first-order chi connectivity index (χ1) is 16.6. The summed E-state index contributed by atoms with van der Waals surface area (Å²) in [7, 11) is 1.59. The van der Waals surface area contributed by atoms with E-state index in [-0.39, 0.29) is 23.2 Å². The number of nitrogens with one attached hydrogen (secondary N) is 1. The summed E-state index contributed by atoms with van der Waals surface area (Å²) in [6, 6.07) is 15.1. The average Bonchev–Trinajstić information content (AvgIpc) is 3.24. The highest BCUT2D eigenvalue weighted by Crippen LogP contribution is 2.37. The van der Waals surface area contributed by atoms with Crippen LogP contribution in [0.4, 0.5) is 18.9 Å². The number of benzene rings is 2. The van der Waals surface area contributed by atoms with Gasteiger partial charge in [-0.25, -0.2) is 0 Å².